The van der Waals surface area contributed by atoms with E-state index in [0.717, 1.165) is 11.8 Å². The first-order valence-electron chi connectivity index (χ1n) is 12.6. The van der Waals surface area contributed by atoms with Gasteiger partial charge in [0.05, 0.1) is 30.7 Å². The first kappa shape index (κ1) is 30.2. The summed E-state index contributed by atoms with van der Waals surface area (Å²) in [7, 11) is 0. The van der Waals surface area contributed by atoms with Crippen molar-refractivity contribution in [3.8, 4) is 6.07 Å². The van der Waals surface area contributed by atoms with Gasteiger partial charge >= 0.3 is 6.09 Å². The molecule has 0 unspecified atom stereocenters. The maximum Gasteiger partial charge on any atom is 0.407 e. The number of morpholine rings is 1. The highest BCUT2D eigenvalue weighted by Crippen LogP contribution is 2.27. The summed E-state index contributed by atoms with van der Waals surface area (Å²) < 4.78 is 40.5. The molecule has 0 aromatic carbocycles. The Labute approximate surface area is 231 Å². The fraction of sp³-hybridized carbons (Fsp3) is 0.538. The van der Waals surface area contributed by atoms with Crippen molar-refractivity contribution in [1.82, 2.24) is 15.3 Å². The summed E-state index contributed by atoms with van der Waals surface area (Å²) >= 11 is 1.61. The highest BCUT2D eigenvalue weighted by molar-refractivity contribution is 7.98. The molecule has 0 saturated carbocycles. The predicted octanol–water partition coefficient (Wildman–Crippen LogP) is 4.65. The van der Waals surface area contributed by atoms with Crippen LogP contribution in [0.25, 0.3) is 0 Å². The number of anilines is 4. The number of halogens is 2. The Bertz CT molecular complexity index is 1180. The number of nitrogens with one attached hydrogen (secondary N) is 3. The van der Waals surface area contributed by atoms with Gasteiger partial charge in [-0.05, 0) is 52.2 Å². The Morgan fingerprint density at radius 1 is 1.26 bits per heavy atom. The number of thioether (sulfide) groups is 1. The van der Waals surface area contributed by atoms with Crippen molar-refractivity contribution in [2.75, 3.05) is 53.8 Å². The summed E-state index contributed by atoms with van der Waals surface area (Å²) in [4.78, 5) is 22.6. The van der Waals surface area contributed by atoms with Crippen LogP contribution < -0.4 is 20.9 Å². The number of ether oxygens (including phenoxy) is 2. The van der Waals surface area contributed by atoms with Gasteiger partial charge in [-0.25, -0.2) is 23.5 Å². The van der Waals surface area contributed by atoms with Crippen molar-refractivity contribution >= 4 is 41.0 Å². The van der Waals surface area contributed by atoms with Gasteiger partial charge in [-0.2, -0.15) is 17.0 Å². The van der Waals surface area contributed by atoms with E-state index in [1.165, 1.54) is 12.3 Å². The van der Waals surface area contributed by atoms with Crippen LogP contribution in [0, 0.1) is 23.0 Å². The standard InChI is InChI=1S/C26H35F2N7O3S/c1-16(31-25(36)38-26(2,3)4)21(6-11-39-5)33-23-19(27)12-17(14-29)22(34-23)32-18-13-20(28)24(30-15-18)35-7-9-37-10-8-35/h12-13,15-16,21H,6-11H2,1-5H3,(H,31,36)(H2,32,33,34)/t16-,21+/m0/s1. The molecule has 39 heavy (non-hydrogen) atoms. The fourth-order valence-electron chi connectivity index (χ4n) is 3.88. The van der Waals surface area contributed by atoms with Crippen molar-refractivity contribution in [2.24, 2.45) is 0 Å². The molecule has 3 N–H and O–H groups in total. The van der Waals surface area contributed by atoms with Gasteiger partial charge in [-0.3, -0.25) is 0 Å². The molecule has 1 fully saturated rings. The number of amides is 1. The zero-order valence-electron chi connectivity index (χ0n) is 22.8. The molecule has 1 saturated heterocycles. The van der Waals surface area contributed by atoms with Crippen LogP contribution in [-0.4, -0.2) is 72.1 Å². The number of nitriles is 1. The number of nitrogens with zero attached hydrogens (tertiary/aromatic N) is 4. The lowest BCUT2D eigenvalue weighted by molar-refractivity contribution is 0.0503. The van der Waals surface area contributed by atoms with Crippen molar-refractivity contribution in [1.29, 1.82) is 5.26 Å². The first-order valence-corrected chi connectivity index (χ1v) is 14.0. The Morgan fingerprint density at radius 3 is 2.59 bits per heavy atom. The molecule has 13 heteroatoms. The van der Waals surface area contributed by atoms with Crippen LogP contribution >= 0.6 is 11.8 Å². The van der Waals surface area contributed by atoms with Crippen LogP contribution in [0.3, 0.4) is 0 Å². The summed E-state index contributed by atoms with van der Waals surface area (Å²) in [5, 5.41) is 18.3. The van der Waals surface area contributed by atoms with Crippen LogP contribution in [0.4, 0.5) is 36.7 Å². The van der Waals surface area contributed by atoms with Gasteiger partial charge in [0.15, 0.2) is 29.1 Å². The van der Waals surface area contributed by atoms with Crippen LogP contribution in [0.1, 0.15) is 39.7 Å². The largest absolute Gasteiger partial charge is 0.444 e. The third-order valence-corrected chi connectivity index (χ3v) is 6.44. The quantitative estimate of drug-likeness (QED) is 0.376. The summed E-state index contributed by atoms with van der Waals surface area (Å²) in [6.45, 7) is 9.13. The molecule has 3 rings (SSSR count). The highest BCUT2D eigenvalue weighted by Gasteiger charge is 2.25. The van der Waals surface area contributed by atoms with E-state index in [1.54, 1.807) is 44.4 Å². The number of pyridine rings is 2. The van der Waals surface area contributed by atoms with Gasteiger partial charge in [-0.15, -0.1) is 0 Å². The third kappa shape index (κ3) is 8.83. The Hall–Kier alpha value is -3.37. The predicted molar refractivity (Wildman–Crippen MR) is 149 cm³/mol. The first-order chi connectivity index (χ1) is 18.5. The van der Waals surface area contributed by atoms with Crippen molar-refractivity contribution < 1.29 is 23.0 Å². The van der Waals surface area contributed by atoms with E-state index in [2.05, 4.69) is 25.9 Å². The minimum Gasteiger partial charge on any atom is -0.444 e. The molecular weight excluding hydrogens is 528 g/mol. The number of carbonyl (C=O) groups excluding carboxylic acids is 1. The summed E-state index contributed by atoms with van der Waals surface area (Å²) in [6.07, 6.45) is 3.38. The number of alkyl carbamates (subject to hydrolysis) is 1. The number of rotatable bonds is 10. The van der Waals surface area contributed by atoms with Crippen LogP contribution in [-0.2, 0) is 9.47 Å². The van der Waals surface area contributed by atoms with E-state index in [-0.39, 0.29) is 28.7 Å². The second-order valence-electron chi connectivity index (χ2n) is 10.0. The Morgan fingerprint density at radius 2 is 1.97 bits per heavy atom. The van der Waals surface area contributed by atoms with Crippen LogP contribution in [0.5, 0.6) is 0 Å². The average molecular weight is 564 g/mol. The van der Waals surface area contributed by atoms with Gasteiger partial charge in [0.2, 0.25) is 0 Å². The molecule has 2 aromatic rings. The maximum absolute atomic E-state index is 15.0. The van der Waals surface area contributed by atoms with E-state index in [0.29, 0.717) is 32.7 Å². The number of aromatic nitrogens is 2. The monoisotopic (exact) mass is 563 g/mol. The van der Waals surface area contributed by atoms with Crippen molar-refractivity contribution in [2.45, 2.75) is 51.8 Å². The molecule has 0 spiro atoms. The lowest BCUT2D eigenvalue weighted by Gasteiger charge is -2.28. The normalized spacial score (nSPS) is 15.2. The van der Waals surface area contributed by atoms with E-state index < -0.39 is 35.4 Å². The summed E-state index contributed by atoms with van der Waals surface area (Å²) in [5.41, 5.74) is -0.469. The summed E-state index contributed by atoms with van der Waals surface area (Å²) in [6, 6.07) is 3.38. The zero-order valence-corrected chi connectivity index (χ0v) is 23.6. The molecule has 0 radical (unpaired) electrons. The molecule has 1 aliphatic heterocycles. The van der Waals surface area contributed by atoms with E-state index in [4.69, 9.17) is 9.47 Å². The van der Waals surface area contributed by atoms with Gasteiger partial charge in [0, 0.05) is 31.2 Å². The molecule has 2 aromatic heterocycles. The molecule has 2 atom stereocenters. The fourth-order valence-corrected chi connectivity index (χ4v) is 4.37. The average Bonchev–Trinajstić information content (AvgIpc) is 2.87. The van der Waals surface area contributed by atoms with Crippen molar-refractivity contribution in [3.05, 3.63) is 35.5 Å². The molecule has 0 aliphatic carbocycles. The molecule has 3 heterocycles. The summed E-state index contributed by atoms with van der Waals surface area (Å²) in [5.74, 6) is -0.400. The maximum atomic E-state index is 15.0. The van der Waals surface area contributed by atoms with Gasteiger partial charge in [0.25, 0.3) is 0 Å². The molecule has 1 amide bonds. The Kier molecular flexibility index (Phi) is 10.5. The zero-order chi connectivity index (χ0) is 28.6. The SMILES string of the molecule is CSCC[C@@H](Nc1nc(Nc2cnc(N3CCOCC3)c(F)c2)c(C#N)cc1F)[C@H](C)NC(=O)OC(C)(C)C. The Balaban J connectivity index is 1.81. The second-order valence-corrected chi connectivity index (χ2v) is 11.0. The smallest absolute Gasteiger partial charge is 0.407 e. The second kappa shape index (κ2) is 13.6. The van der Waals surface area contributed by atoms with Crippen LogP contribution in [0.2, 0.25) is 0 Å². The van der Waals surface area contributed by atoms with E-state index >= 15 is 4.39 Å². The molecular formula is C26H35F2N7O3S. The molecule has 0 bridgehead atoms. The number of carbonyl (C=O) groups is 1. The molecule has 1 aliphatic rings. The lowest BCUT2D eigenvalue weighted by Crippen LogP contribution is -2.47. The third-order valence-electron chi connectivity index (χ3n) is 5.79. The van der Waals surface area contributed by atoms with Gasteiger partial charge in [0.1, 0.15) is 11.7 Å². The number of hydrogen-bond donors (Lipinski definition) is 3. The van der Waals surface area contributed by atoms with Gasteiger partial charge in [-0.1, -0.05) is 0 Å². The lowest BCUT2D eigenvalue weighted by atomic mass is 10.1. The minimum atomic E-state index is -0.734. The van der Waals surface area contributed by atoms with Crippen LogP contribution in [0.15, 0.2) is 18.3 Å². The minimum absolute atomic E-state index is 0.0399. The molecule has 10 nitrogen and oxygen atoms in total. The van der Waals surface area contributed by atoms with E-state index in [9.17, 15) is 14.4 Å². The van der Waals surface area contributed by atoms with E-state index in [1.807, 2.05) is 12.3 Å². The topological polar surface area (TPSA) is 124 Å². The van der Waals surface area contributed by atoms with Crippen molar-refractivity contribution in [3.63, 3.8) is 0 Å². The molecule has 212 valence electrons. The highest BCUT2D eigenvalue weighted by atomic mass is 32.2. The van der Waals surface area contributed by atoms with Gasteiger partial charge < -0.3 is 30.3 Å². The number of hydrogen-bond acceptors (Lipinski definition) is 10.